The lowest BCUT2D eigenvalue weighted by Gasteiger charge is -2.19. The maximum absolute atomic E-state index is 13.5. The Hall–Kier alpha value is -4.13. The zero-order valence-electron chi connectivity index (χ0n) is 17.8. The Morgan fingerprint density at radius 3 is 2.28 bits per heavy atom. The van der Waals surface area contributed by atoms with E-state index in [1.807, 2.05) is 18.2 Å². The van der Waals surface area contributed by atoms with Gasteiger partial charge < -0.3 is 14.2 Å². The number of ether oxygens (including phenoxy) is 3. The highest BCUT2D eigenvalue weighted by molar-refractivity contribution is 6.33. The largest absolute Gasteiger partial charge is 0.497 e. The highest BCUT2D eigenvalue weighted by Gasteiger charge is 2.34. The molecule has 0 atom stereocenters. The molecular weight excluding hydrogens is 411 g/mol. The van der Waals surface area contributed by atoms with Crippen LogP contribution in [0.25, 0.3) is 6.08 Å². The van der Waals surface area contributed by atoms with Crippen LogP contribution < -0.4 is 19.1 Å². The minimum absolute atomic E-state index is 0.207. The SMILES string of the molecule is COc1ccc(/C=C2\N=C(c3ccccc3OC)N(c3ccc(F)cc3)C2=O)c(OC)c1. The van der Waals surface area contributed by atoms with E-state index in [0.29, 0.717) is 39.9 Å². The third kappa shape index (κ3) is 3.92. The molecule has 0 bridgehead atoms. The van der Waals surface area contributed by atoms with Crippen LogP contribution in [0.15, 0.2) is 77.4 Å². The predicted molar refractivity (Wildman–Crippen MR) is 121 cm³/mol. The fourth-order valence-electron chi connectivity index (χ4n) is 3.44. The van der Waals surface area contributed by atoms with Gasteiger partial charge >= 0.3 is 0 Å². The monoisotopic (exact) mass is 432 g/mol. The van der Waals surface area contributed by atoms with E-state index in [1.165, 1.54) is 29.2 Å². The molecule has 7 heteroatoms. The van der Waals surface area contributed by atoms with E-state index in [-0.39, 0.29) is 11.6 Å². The minimum atomic E-state index is -0.394. The van der Waals surface area contributed by atoms with Gasteiger partial charge in [-0.2, -0.15) is 0 Å². The zero-order valence-corrected chi connectivity index (χ0v) is 17.8. The standard InChI is InChI=1S/C25H21FN2O4/c1-30-19-13-8-16(23(15-19)32-3)14-21-25(29)28(18-11-9-17(26)10-12-18)24(27-21)20-6-4-5-7-22(20)31-2/h4-15H,1-3H3/b21-14-. The van der Waals surface area contributed by atoms with Gasteiger partial charge in [-0.1, -0.05) is 12.1 Å². The molecule has 1 aliphatic heterocycles. The van der Waals surface area contributed by atoms with Crippen LogP contribution in [-0.2, 0) is 4.79 Å². The molecule has 0 aliphatic carbocycles. The number of benzene rings is 3. The number of amides is 1. The lowest BCUT2D eigenvalue weighted by Crippen LogP contribution is -2.32. The normalized spacial score (nSPS) is 14.5. The first kappa shape index (κ1) is 21.1. The second kappa shape index (κ2) is 8.93. The maximum atomic E-state index is 13.5. The minimum Gasteiger partial charge on any atom is -0.497 e. The Bertz CT molecular complexity index is 1220. The summed E-state index contributed by atoms with van der Waals surface area (Å²) in [6, 6.07) is 18.3. The van der Waals surface area contributed by atoms with Crippen LogP contribution in [0.1, 0.15) is 11.1 Å². The Balaban J connectivity index is 1.86. The number of rotatable bonds is 6. The molecule has 0 saturated carbocycles. The second-order valence-corrected chi connectivity index (χ2v) is 6.89. The lowest BCUT2D eigenvalue weighted by atomic mass is 10.1. The summed E-state index contributed by atoms with van der Waals surface area (Å²) in [7, 11) is 4.66. The fraction of sp³-hybridized carbons (Fsp3) is 0.120. The van der Waals surface area contributed by atoms with Crippen LogP contribution in [0, 0.1) is 5.82 Å². The third-order valence-electron chi connectivity index (χ3n) is 5.03. The Labute approximate surface area is 185 Å². The molecule has 32 heavy (non-hydrogen) atoms. The molecule has 4 rings (SSSR count). The molecule has 0 fully saturated rings. The first-order chi connectivity index (χ1) is 15.5. The van der Waals surface area contributed by atoms with E-state index in [4.69, 9.17) is 14.2 Å². The van der Waals surface area contributed by atoms with E-state index in [1.54, 1.807) is 51.7 Å². The van der Waals surface area contributed by atoms with Crippen LogP contribution in [0.4, 0.5) is 10.1 Å². The van der Waals surface area contributed by atoms with Crippen molar-refractivity contribution in [1.29, 1.82) is 0 Å². The Morgan fingerprint density at radius 1 is 0.875 bits per heavy atom. The van der Waals surface area contributed by atoms with Crippen LogP contribution in [0.5, 0.6) is 17.2 Å². The topological polar surface area (TPSA) is 60.4 Å². The number of carbonyl (C=O) groups excluding carboxylic acids is 1. The van der Waals surface area contributed by atoms with Crippen molar-refractivity contribution < 1.29 is 23.4 Å². The number of aliphatic imine (C=N–C) groups is 1. The van der Waals surface area contributed by atoms with Crippen LogP contribution in [0.3, 0.4) is 0 Å². The Kier molecular flexibility index (Phi) is 5.89. The van der Waals surface area contributed by atoms with Gasteiger partial charge in [-0.05, 0) is 54.6 Å². The van der Waals surface area contributed by atoms with Gasteiger partial charge in [-0.15, -0.1) is 0 Å². The molecule has 162 valence electrons. The number of carbonyl (C=O) groups is 1. The number of methoxy groups -OCH3 is 3. The molecule has 0 spiro atoms. The quantitative estimate of drug-likeness (QED) is 0.531. The maximum Gasteiger partial charge on any atom is 0.282 e. The predicted octanol–water partition coefficient (Wildman–Crippen LogP) is 4.69. The average molecular weight is 432 g/mol. The number of hydrogen-bond donors (Lipinski definition) is 0. The lowest BCUT2D eigenvalue weighted by molar-refractivity contribution is -0.113. The Morgan fingerprint density at radius 2 is 1.59 bits per heavy atom. The van der Waals surface area contributed by atoms with Crippen molar-refractivity contribution in [1.82, 2.24) is 0 Å². The second-order valence-electron chi connectivity index (χ2n) is 6.89. The number of halogens is 1. The summed E-state index contributed by atoms with van der Waals surface area (Å²) >= 11 is 0. The number of hydrogen-bond acceptors (Lipinski definition) is 5. The number of nitrogens with zero attached hydrogens (tertiary/aromatic N) is 2. The highest BCUT2D eigenvalue weighted by atomic mass is 19.1. The summed E-state index contributed by atoms with van der Waals surface area (Å²) in [6.45, 7) is 0. The summed E-state index contributed by atoms with van der Waals surface area (Å²) in [5, 5.41) is 0. The molecule has 3 aromatic carbocycles. The van der Waals surface area contributed by atoms with Gasteiger partial charge in [-0.25, -0.2) is 9.38 Å². The van der Waals surface area contributed by atoms with Gasteiger partial charge in [-0.3, -0.25) is 9.69 Å². The molecule has 0 N–H and O–H groups in total. The van der Waals surface area contributed by atoms with Crippen molar-refractivity contribution in [3.05, 3.63) is 89.4 Å². The number of para-hydroxylation sites is 1. The number of anilines is 1. The van der Waals surface area contributed by atoms with Gasteiger partial charge in [0.2, 0.25) is 0 Å². The highest BCUT2D eigenvalue weighted by Crippen LogP contribution is 2.33. The fourth-order valence-corrected chi connectivity index (χ4v) is 3.44. The molecular formula is C25H21FN2O4. The van der Waals surface area contributed by atoms with Crippen LogP contribution >= 0.6 is 0 Å². The van der Waals surface area contributed by atoms with Crippen molar-refractivity contribution in [3.63, 3.8) is 0 Å². The van der Waals surface area contributed by atoms with Crippen molar-refractivity contribution in [2.45, 2.75) is 0 Å². The van der Waals surface area contributed by atoms with E-state index in [2.05, 4.69) is 4.99 Å². The van der Waals surface area contributed by atoms with Crippen molar-refractivity contribution >= 4 is 23.5 Å². The third-order valence-corrected chi connectivity index (χ3v) is 5.03. The van der Waals surface area contributed by atoms with Gasteiger partial charge in [0.05, 0.1) is 32.6 Å². The summed E-state index contributed by atoms with van der Waals surface area (Å²) < 4.78 is 29.7. The molecule has 3 aromatic rings. The van der Waals surface area contributed by atoms with Gasteiger partial charge in [0.1, 0.15) is 28.8 Å². The molecule has 1 aliphatic rings. The summed E-state index contributed by atoms with van der Waals surface area (Å²) in [6.07, 6.45) is 1.65. The first-order valence-corrected chi connectivity index (χ1v) is 9.81. The van der Waals surface area contributed by atoms with Gasteiger partial charge in [0.25, 0.3) is 5.91 Å². The van der Waals surface area contributed by atoms with Crippen molar-refractivity contribution in [2.24, 2.45) is 4.99 Å². The van der Waals surface area contributed by atoms with Crippen LogP contribution in [0.2, 0.25) is 0 Å². The van der Waals surface area contributed by atoms with Crippen molar-refractivity contribution in [2.75, 3.05) is 26.2 Å². The molecule has 0 saturated heterocycles. The summed E-state index contributed by atoms with van der Waals surface area (Å²) in [5.74, 6) is 1.38. The van der Waals surface area contributed by atoms with E-state index >= 15 is 0 Å². The molecule has 6 nitrogen and oxygen atoms in total. The first-order valence-electron chi connectivity index (χ1n) is 9.81. The molecule has 0 unspecified atom stereocenters. The van der Waals surface area contributed by atoms with Crippen molar-refractivity contribution in [3.8, 4) is 17.2 Å². The van der Waals surface area contributed by atoms with E-state index < -0.39 is 5.82 Å². The van der Waals surface area contributed by atoms with Gasteiger partial charge in [0.15, 0.2) is 5.84 Å². The molecule has 0 radical (unpaired) electrons. The average Bonchev–Trinajstić information content (AvgIpc) is 3.15. The zero-order chi connectivity index (χ0) is 22.7. The molecule has 0 aromatic heterocycles. The molecule has 1 amide bonds. The summed E-state index contributed by atoms with van der Waals surface area (Å²) in [4.78, 5) is 19.5. The summed E-state index contributed by atoms with van der Waals surface area (Å²) in [5.41, 5.74) is 2.00. The smallest absolute Gasteiger partial charge is 0.282 e. The van der Waals surface area contributed by atoms with E-state index in [0.717, 1.165) is 0 Å². The van der Waals surface area contributed by atoms with E-state index in [9.17, 15) is 9.18 Å². The number of amidine groups is 1. The molecule has 1 heterocycles. The van der Waals surface area contributed by atoms with Crippen LogP contribution in [-0.4, -0.2) is 33.1 Å². The van der Waals surface area contributed by atoms with Gasteiger partial charge in [0, 0.05) is 11.6 Å².